The first-order valence-electron chi connectivity index (χ1n) is 5.80. The van der Waals surface area contributed by atoms with Gasteiger partial charge in [0.2, 0.25) is 0 Å². The standard InChI is InChI=1S/C14H18O4/c1-8-4-9(2)6-11(5-8)7-12(14(17)18)10(3)13(15)16/h4-6,10,12H,7H2,1-3H3,(H,15,16)(H,17,18)/p-2/t10-,12-/m0/s1. The van der Waals surface area contributed by atoms with Crippen molar-refractivity contribution in [3.8, 4) is 0 Å². The van der Waals surface area contributed by atoms with Crippen molar-refractivity contribution in [1.82, 2.24) is 0 Å². The molecule has 0 saturated carbocycles. The van der Waals surface area contributed by atoms with Crippen LogP contribution in [0.5, 0.6) is 0 Å². The highest BCUT2D eigenvalue weighted by Gasteiger charge is 2.20. The van der Waals surface area contributed by atoms with Gasteiger partial charge in [-0.15, -0.1) is 0 Å². The molecule has 18 heavy (non-hydrogen) atoms. The maximum Gasteiger partial charge on any atom is 0.0455 e. The van der Waals surface area contributed by atoms with E-state index >= 15 is 0 Å². The van der Waals surface area contributed by atoms with Gasteiger partial charge in [-0.2, -0.15) is 0 Å². The maximum absolute atomic E-state index is 11.0. The van der Waals surface area contributed by atoms with Crippen LogP contribution in [0.3, 0.4) is 0 Å². The number of carbonyl (C=O) groups is 2. The lowest BCUT2D eigenvalue weighted by atomic mass is 9.87. The zero-order valence-corrected chi connectivity index (χ0v) is 10.7. The minimum Gasteiger partial charge on any atom is -0.550 e. The van der Waals surface area contributed by atoms with Crippen LogP contribution >= 0.6 is 0 Å². The van der Waals surface area contributed by atoms with E-state index in [0.29, 0.717) is 0 Å². The molecule has 2 atom stereocenters. The van der Waals surface area contributed by atoms with Gasteiger partial charge in [-0.25, -0.2) is 0 Å². The first-order chi connectivity index (χ1) is 8.31. The molecular formula is C14H16O4-2. The maximum atomic E-state index is 11.0. The van der Waals surface area contributed by atoms with Crippen LogP contribution in [0.4, 0.5) is 0 Å². The summed E-state index contributed by atoms with van der Waals surface area (Å²) >= 11 is 0. The van der Waals surface area contributed by atoms with E-state index in [0.717, 1.165) is 16.7 Å². The van der Waals surface area contributed by atoms with Crippen LogP contribution in [0.2, 0.25) is 0 Å². The zero-order valence-electron chi connectivity index (χ0n) is 10.7. The molecule has 1 aromatic carbocycles. The first kappa shape index (κ1) is 14.2. The summed E-state index contributed by atoms with van der Waals surface area (Å²) in [6.07, 6.45) is 0.139. The summed E-state index contributed by atoms with van der Waals surface area (Å²) in [5.41, 5.74) is 2.83. The van der Waals surface area contributed by atoms with Crippen molar-refractivity contribution in [1.29, 1.82) is 0 Å². The molecule has 0 bridgehead atoms. The quantitative estimate of drug-likeness (QED) is 0.710. The summed E-state index contributed by atoms with van der Waals surface area (Å²) in [5, 5.41) is 21.8. The average molecular weight is 248 g/mol. The Balaban J connectivity index is 2.96. The summed E-state index contributed by atoms with van der Waals surface area (Å²) in [5.74, 6) is -4.87. The average Bonchev–Trinajstić information content (AvgIpc) is 2.23. The number of benzene rings is 1. The van der Waals surface area contributed by atoms with Crippen LogP contribution in [-0.2, 0) is 16.0 Å². The van der Waals surface area contributed by atoms with E-state index in [1.54, 1.807) is 0 Å². The highest BCUT2D eigenvalue weighted by Crippen LogP contribution is 2.19. The predicted octanol–water partition coefficient (Wildman–Crippen LogP) is -0.402. The molecule has 0 fully saturated rings. The Hall–Kier alpha value is -1.84. The molecular weight excluding hydrogens is 232 g/mol. The van der Waals surface area contributed by atoms with Gasteiger partial charge in [-0.05, 0) is 25.8 Å². The SMILES string of the molecule is Cc1cc(C)cc(C[C@H](C(=O)[O-])[C@H](C)C(=O)[O-])c1. The number of carbonyl (C=O) groups excluding carboxylic acids is 2. The van der Waals surface area contributed by atoms with Crippen molar-refractivity contribution in [2.24, 2.45) is 11.8 Å². The Kier molecular flexibility index (Phi) is 4.48. The minimum absolute atomic E-state index is 0.139. The van der Waals surface area contributed by atoms with E-state index in [1.165, 1.54) is 6.92 Å². The molecule has 0 radical (unpaired) electrons. The van der Waals surface area contributed by atoms with Crippen molar-refractivity contribution in [2.75, 3.05) is 0 Å². The van der Waals surface area contributed by atoms with Crippen molar-refractivity contribution in [2.45, 2.75) is 27.2 Å². The molecule has 0 aliphatic carbocycles. The number of hydrogen-bond donors (Lipinski definition) is 0. The van der Waals surface area contributed by atoms with Gasteiger partial charge in [-0.3, -0.25) is 0 Å². The fourth-order valence-corrected chi connectivity index (χ4v) is 2.07. The third kappa shape index (κ3) is 3.58. The van der Waals surface area contributed by atoms with Crippen LogP contribution in [0.15, 0.2) is 18.2 Å². The van der Waals surface area contributed by atoms with Gasteiger partial charge in [0.1, 0.15) is 0 Å². The van der Waals surface area contributed by atoms with Crippen LogP contribution in [0.1, 0.15) is 23.6 Å². The van der Waals surface area contributed by atoms with Gasteiger partial charge in [-0.1, -0.05) is 36.2 Å². The van der Waals surface area contributed by atoms with Gasteiger partial charge < -0.3 is 19.8 Å². The third-order valence-corrected chi connectivity index (χ3v) is 3.02. The lowest BCUT2D eigenvalue weighted by molar-refractivity contribution is -0.326. The normalized spacial score (nSPS) is 13.9. The summed E-state index contributed by atoms with van der Waals surface area (Å²) in [7, 11) is 0. The topological polar surface area (TPSA) is 80.3 Å². The second kappa shape index (κ2) is 5.67. The van der Waals surface area contributed by atoms with E-state index in [4.69, 9.17) is 0 Å². The fraction of sp³-hybridized carbons (Fsp3) is 0.429. The second-order valence-electron chi connectivity index (χ2n) is 4.73. The Morgan fingerprint density at radius 2 is 1.56 bits per heavy atom. The van der Waals surface area contributed by atoms with Crippen LogP contribution in [0, 0.1) is 25.7 Å². The highest BCUT2D eigenvalue weighted by molar-refractivity contribution is 5.77. The van der Waals surface area contributed by atoms with Gasteiger partial charge in [0.05, 0.1) is 0 Å². The Morgan fingerprint density at radius 3 is 1.94 bits per heavy atom. The first-order valence-corrected chi connectivity index (χ1v) is 5.80. The van der Waals surface area contributed by atoms with E-state index in [-0.39, 0.29) is 6.42 Å². The van der Waals surface area contributed by atoms with Crippen molar-refractivity contribution < 1.29 is 19.8 Å². The Morgan fingerprint density at radius 1 is 1.06 bits per heavy atom. The van der Waals surface area contributed by atoms with Crippen LogP contribution in [0.25, 0.3) is 0 Å². The molecule has 1 aromatic rings. The molecule has 0 amide bonds. The zero-order chi connectivity index (χ0) is 13.9. The Labute approximate surface area is 106 Å². The fourth-order valence-electron chi connectivity index (χ4n) is 2.07. The predicted molar refractivity (Wildman–Crippen MR) is 62.3 cm³/mol. The lowest BCUT2D eigenvalue weighted by Crippen LogP contribution is -2.43. The number of aryl methyl sites for hydroxylation is 2. The molecule has 0 spiro atoms. The van der Waals surface area contributed by atoms with Gasteiger partial charge in [0.25, 0.3) is 0 Å². The van der Waals surface area contributed by atoms with Crippen molar-refractivity contribution in [3.05, 3.63) is 34.9 Å². The third-order valence-electron chi connectivity index (χ3n) is 3.02. The largest absolute Gasteiger partial charge is 0.550 e. The van der Waals surface area contributed by atoms with E-state index in [1.807, 2.05) is 32.0 Å². The number of hydrogen-bond acceptors (Lipinski definition) is 4. The van der Waals surface area contributed by atoms with Gasteiger partial charge in [0, 0.05) is 23.8 Å². The molecule has 0 saturated heterocycles. The summed E-state index contributed by atoms with van der Waals surface area (Å²) in [4.78, 5) is 21.8. The van der Waals surface area contributed by atoms with Crippen molar-refractivity contribution >= 4 is 11.9 Å². The van der Waals surface area contributed by atoms with Crippen LogP contribution in [-0.4, -0.2) is 11.9 Å². The number of carboxylic acid groups (broad SMARTS) is 2. The molecule has 0 heterocycles. The molecule has 98 valence electrons. The smallest absolute Gasteiger partial charge is 0.0455 e. The van der Waals surface area contributed by atoms with E-state index in [9.17, 15) is 19.8 Å². The molecule has 0 aromatic heterocycles. The summed E-state index contributed by atoms with van der Waals surface area (Å²) in [6.45, 7) is 5.15. The molecule has 0 aliphatic heterocycles. The molecule has 1 rings (SSSR count). The summed E-state index contributed by atoms with van der Waals surface area (Å²) < 4.78 is 0. The van der Waals surface area contributed by atoms with E-state index < -0.39 is 23.8 Å². The summed E-state index contributed by atoms with van der Waals surface area (Å²) in [6, 6.07) is 5.68. The van der Waals surface area contributed by atoms with Gasteiger partial charge in [0.15, 0.2) is 0 Å². The van der Waals surface area contributed by atoms with Crippen LogP contribution < -0.4 is 10.2 Å². The molecule has 4 heteroatoms. The second-order valence-corrected chi connectivity index (χ2v) is 4.73. The molecule has 0 unspecified atom stereocenters. The number of carboxylic acids is 2. The van der Waals surface area contributed by atoms with Gasteiger partial charge >= 0.3 is 0 Å². The number of aliphatic carboxylic acids is 2. The number of rotatable bonds is 5. The van der Waals surface area contributed by atoms with E-state index in [2.05, 4.69) is 0 Å². The monoisotopic (exact) mass is 248 g/mol. The Bertz CT molecular complexity index is 445. The molecule has 4 nitrogen and oxygen atoms in total. The highest BCUT2D eigenvalue weighted by atomic mass is 16.4. The molecule has 0 aliphatic rings. The molecule has 0 N–H and O–H groups in total. The lowest BCUT2D eigenvalue weighted by Gasteiger charge is -2.26. The van der Waals surface area contributed by atoms with Crippen molar-refractivity contribution in [3.63, 3.8) is 0 Å². The minimum atomic E-state index is -1.37.